The van der Waals surface area contributed by atoms with Crippen LogP contribution in [0.2, 0.25) is 5.02 Å². The van der Waals surface area contributed by atoms with Crippen LogP contribution in [-0.2, 0) is 0 Å². The third kappa shape index (κ3) is 4.56. The Kier molecular flexibility index (Phi) is 5.94. The van der Waals surface area contributed by atoms with E-state index in [1.807, 2.05) is 38.1 Å². The first-order chi connectivity index (χ1) is 13.0. The number of rotatable bonds is 6. The summed E-state index contributed by atoms with van der Waals surface area (Å²) >= 11 is 6.07. The zero-order valence-electron chi connectivity index (χ0n) is 15.4. The van der Waals surface area contributed by atoms with Crippen LogP contribution < -0.4 is 11.1 Å². The molecule has 140 valence electrons. The molecule has 0 saturated carbocycles. The standard InChI is InChI=1S/C21H23ClN4O/c1-3-16(23)11-24-21-18(14-6-4-13(2)5-7-14)12-25-20(26-21)17-10-15(22)8-9-19(17)27/h4-10,12,16,27H,3,11,23H2,1-2H3,(H,24,25,26)/t16-/m0/s1. The molecule has 0 aliphatic rings. The third-order valence-electron chi connectivity index (χ3n) is 4.41. The first-order valence-electron chi connectivity index (χ1n) is 8.90. The Hall–Kier alpha value is -2.63. The van der Waals surface area contributed by atoms with Crippen molar-refractivity contribution in [3.05, 3.63) is 59.2 Å². The summed E-state index contributed by atoms with van der Waals surface area (Å²) in [4.78, 5) is 9.11. The second-order valence-electron chi connectivity index (χ2n) is 6.53. The van der Waals surface area contributed by atoms with Crippen molar-refractivity contribution in [2.75, 3.05) is 11.9 Å². The highest BCUT2D eigenvalue weighted by atomic mass is 35.5. The van der Waals surface area contributed by atoms with E-state index in [1.165, 1.54) is 11.6 Å². The van der Waals surface area contributed by atoms with Crippen molar-refractivity contribution < 1.29 is 5.11 Å². The molecule has 3 rings (SSSR count). The zero-order valence-corrected chi connectivity index (χ0v) is 16.2. The van der Waals surface area contributed by atoms with Crippen LogP contribution in [0.15, 0.2) is 48.7 Å². The van der Waals surface area contributed by atoms with E-state index in [-0.39, 0.29) is 11.8 Å². The highest BCUT2D eigenvalue weighted by Crippen LogP contribution is 2.33. The zero-order chi connectivity index (χ0) is 19.4. The average molecular weight is 383 g/mol. The minimum Gasteiger partial charge on any atom is -0.507 e. The number of nitrogens with zero attached hydrogens (tertiary/aromatic N) is 2. The topological polar surface area (TPSA) is 84.1 Å². The minimum absolute atomic E-state index is 0.0221. The number of nitrogens with two attached hydrogens (primary N) is 1. The van der Waals surface area contributed by atoms with E-state index in [0.717, 1.165) is 17.5 Å². The molecule has 0 spiro atoms. The molecule has 27 heavy (non-hydrogen) atoms. The Morgan fingerprint density at radius 3 is 2.59 bits per heavy atom. The van der Waals surface area contributed by atoms with Crippen LogP contribution in [0.3, 0.4) is 0 Å². The maximum atomic E-state index is 10.2. The van der Waals surface area contributed by atoms with E-state index in [9.17, 15) is 5.11 Å². The quantitative estimate of drug-likeness (QED) is 0.579. The van der Waals surface area contributed by atoms with Crippen molar-refractivity contribution in [3.8, 4) is 28.3 Å². The number of anilines is 1. The fourth-order valence-corrected chi connectivity index (χ4v) is 2.82. The van der Waals surface area contributed by atoms with Gasteiger partial charge in [0.25, 0.3) is 0 Å². The van der Waals surface area contributed by atoms with Gasteiger partial charge in [0, 0.05) is 29.4 Å². The molecule has 5 nitrogen and oxygen atoms in total. The molecule has 0 unspecified atom stereocenters. The summed E-state index contributed by atoms with van der Waals surface area (Å²) in [7, 11) is 0. The molecular formula is C21H23ClN4O. The van der Waals surface area contributed by atoms with Crippen molar-refractivity contribution in [1.82, 2.24) is 9.97 Å². The van der Waals surface area contributed by atoms with Crippen molar-refractivity contribution in [2.45, 2.75) is 26.3 Å². The first-order valence-corrected chi connectivity index (χ1v) is 9.28. The predicted molar refractivity (Wildman–Crippen MR) is 111 cm³/mol. The van der Waals surface area contributed by atoms with Crippen LogP contribution in [0.5, 0.6) is 5.75 Å². The number of aromatic nitrogens is 2. The van der Waals surface area contributed by atoms with Gasteiger partial charge in [0.2, 0.25) is 0 Å². The summed E-state index contributed by atoms with van der Waals surface area (Å²) in [5, 5.41) is 14.0. The van der Waals surface area contributed by atoms with Gasteiger partial charge >= 0.3 is 0 Å². The van der Waals surface area contributed by atoms with E-state index in [1.54, 1.807) is 18.3 Å². The Morgan fingerprint density at radius 1 is 1.15 bits per heavy atom. The maximum absolute atomic E-state index is 10.2. The van der Waals surface area contributed by atoms with Crippen LogP contribution >= 0.6 is 11.6 Å². The molecule has 3 aromatic rings. The number of hydrogen-bond acceptors (Lipinski definition) is 5. The Bertz CT molecular complexity index is 928. The van der Waals surface area contributed by atoms with E-state index < -0.39 is 0 Å². The molecular weight excluding hydrogens is 360 g/mol. The van der Waals surface area contributed by atoms with Gasteiger partial charge in [-0.25, -0.2) is 9.97 Å². The second-order valence-corrected chi connectivity index (χ2v) is 6.97. The lowest BCUT2D eigenvalue weighted by Gasteiger charge is -2.15. The Labute approximate surface area is 164 Å². The van der Waals surface area contributed by atoms with E-state index in [2.05, 4.69) is 15.3 Å². The molecule has 1 aromatic heterocycles. The number of hydrogen-bond donors (Lipinski definition) is 3. The van der Waals surface area contributed by atoms with Gasteiger partial charge in [-0.15, -0.1) is 0 Å². The van der Waals surface area contributed by atoms with E-state index in [4.69, 9.17) is 17.3 Å². The molecule has 1 atom stereocenters. The SMILES string of the molecule is CC[C@H](N)CNc1nc(-c2cc(Cl)ccc2O)ncc1-c1ccc(C)cc1. The molecule has 2 aromatic carbocycles. The molecule has 0 saturated heterocycles. The number of nitrogens with one attached hydrogen (secondary N) is 1. The summed E-state index contributed by atoms with van der Waals surface area (Å²) in [5.41, 5.74) is 9.62. The molecule has 0 amide bonds. The highest BCUT2D eigenvalue weighted by molar-refractivity contribution is 6.30. The van der Waals surface area contributed by atoms with Gasteiger partial charge in [0.15, 0.2) is 5.82 Å². The summed E-state index contributed by atoms with van der Waals surface area (Å²) in [6.07, 6.45) is 2.62. The molecule has 0 radical (unpaired) electrons. The number of benzene rings is 2. The fourth-order valence-electron chi connectivity index (χ4n) is 2.65. The summed E-state index contributed by atoms with van der Waals surface area (Å²) in [5.74, 6) is 1.16. The molecule has 0 bridgehead atoms. The van der Waals surface area contributed by atoms with Gasteiger partial charge in [0.05, 0.1) is 5.56 Å². The van der Waals surface area contributed by atoms with Crippen molar-refractivity contribution in [1.29, 1.82) is 0 Å². The normalized spacial score (nSPS) is 12.0. The Morgan fingerprint density at radius 2 is 1.89 bits per heavy atom. The van der Waals surface area contributed by atoms with Crippen LogP contribution in [0.1, 0.15) is 18.9 Å². The van der Waals surface area contributed by atoms with Gasteiger partial charge in [-0.2, -0.15) is 0 Å². The van der Waals surface area contributed by atoms with Crippen LogP contribution in [0, 0.1) is 6.92 Å². The van der Waals surface area contributed by atoms with Gasteiger partial charge in [-0.3, -0.25) is 0 Å². The highest BCUT2D eigenvalue weighted by Gasteiger charge is 2.14. The summed E-state index contributed by atoms with van der Waals surface area (Å²) < 4.78 is 0. The lowest BCUT2D eigenvalue weighted by molar-refractivity contribution is 0.477. The third-order valence-corrected chi connectivity index (χ3v) is 4.64. The van der Waals surface area contributed by atoms with Crippen LogP contribution in [-0.4, -0.2) is 27.7 Å². The Balaban J connectivity index is 2.05. The molecule has 0 fully saturated rings. The fraction of sp³-hybridized carbons (Fsp3) is 0.238. The molecule has 4 N–H and O–H groups in total. The van der Waals surface area contributed by atoms with Crippen molar-refractivity contribution >= 4 is 17.4 Å². The molecule has 1 heterocycles. The molecule has 0 aliphatic heterocycles. The number of halogens is 1. The number of aryl methyl sites for hydroxylation is 1. The largest absolute Gasteiger partial charge is 0.507 e. The van der Waals surface area contributed by atoms with Crippen LogP contribution in [0.25, 0.3) is 22.5 Å². The van der Waals surface area contributed by atoms with Crippen molar-refractivity contribution in [3.63, 3.8) is 0 Å². The summed E-state index contributed by atoms with van der Waals surface area (Å²) in [6.45, 7) is 4.68. The first kappa shape index (κ1) is 19.1. The van der Waals surface area contributed by atoms with E-state index >= 15 is 0 Å². The second kappa shape index (κ2) is 8.37. The van der Waals surface area contributed by atoms with E-state index in [0.29, 0.717) is 28.8 Å². The monoisotopic (exact) mass is 382 g/mol. The smallest absolute Gasteiger partial charge is 0.165 e. The number of aromatic hydroxyl groups is 1. The van der Waals surface area contributed by atoms with Crippen molar-refractivity contribution in [2.24, 2.45) is 5.73 Å². The number of phenols is 1. The van der Waals surface area contributed by atoms with Gasteiger partial charge in [-0.05, 0) is 37.1 Å². The molecule has 6 heteroatoms. The molecule has 0 aliphatic carbocycles. The predicted octanol–water partition coefficient (Wildman–Crippen LogP) is 4.63. The average Bonchev–Trinajstić information content (AvgIpc) is 2.68. The maximum Gasteiger partial charge on any atom is 0.165 e. The van der Waals surface area contributed by atoms with Crippen LogP contribution in [0.4, 0.5) is 5.82 Å². The number of phenolic OH excluding ortho intramolecular Hbond substituents is 1. The van der Waals surface area contributed by atoms with Gasteiger partial charge < -0.3 is 16.2 Å². The van der Waals surface area contributed by atoms with Gasteiger partial charge in [0.1, 0.15) is 11.6 Å². The minimum atomic E-state index is 0.0221. The summed E-state index contributed by atoms with van der Waals surface area (Å²) in [6, 6.07) is 13.0. The lowest BCUT2D eigenvalue weighted by Crippen LogP contribution is -2.28. The van der Waals surface area contributed by atoms with Gasteiger partial charge in [-0.1, -0.05) is 48.4 Å². The lowest BCUT2D eigenvalue weighted by atomic mass is 10.1.